The molecule has 1 aromatic heterocycles. The maximum Gasteiger partial charge on any atom is 0.339 e. The summed E-state index contributed by atoms with van der Waals surface area (Å²) in [6.07, 6.45) is 3.30. The summed E-state index contributed by atoms with van der Waals surface area (Å²) in [4.78, 5) is 24.4. The van der Waals surface area contributed by atoms with Gasteiger partial charge < -0.3 is 15.4 Å². The first kappa shape index (κ1) is 20.0. The molecule has 0 aliphatic carbocycles. The summed E-state index contributed by atoms with van der Waals surface area (Å²) in [5.74, 6) is -0.957. The van der Waals surface area contributed by atoms with Crippen LogP contribution in [0.25, 0.3) is 5.69 Å². The molecule has 1 aliphatic rings. The Morgan fingerprint density at radius 2 is 2.07 bits per heavy atom. The Labute approximate surface area is 163 Å². The van der Waals surface area contributed by atoms with Gasteiger partial charge in [-0.3, -0.25) is 4.79 Å². The van der Waals surface area contributed by atoms with Gasteiger partial charge in [0.15, 0.2) is 11.6 Å². The van der Waals surface area contributed by atoms with Gasteiger partial charge in [0, 0.05) is 17.8 Å². The number of anilines is 1. The molecule has 0 unspecified atom stereocenters. The second-order valence-electron chi connectivity index (χ2n) is 7.86. The van der Waals surface area contributed by atoms with E-state index in [1.54, 1.807) is 33.0 Å². The minimum atomic E-state index is -0.665. The Bertz CT molecular complexity index is 895. The van der Waals surface area contributed by atoms with Crippen molar-refractivity contribution in [2.75, 3.05) is 11.9 Å². The van der Waals surface area contributed by atoms with Crippen molar-refractivity contribution in [1.82, 2.24) is 15.1 Å². The largest absolute Gasteiger partial charge is 0.456 e. The molecule has 1 amide bonds. The molecule has 2 heterocycles. The highest BCUT2D eigenvalue weighted by atomic mass is 19.1. The third-order valence-electron chi connectivity index (χ3n) is 4.45. The zero-order chi connectivity index (χ0) is 20.5. The Morgan fingerprint density at radius 1 is 1.32 bits per heavy atom. The van der Waals surface area contributed by atoms with Gasteiger partial charge in [-0.15, -0.1) is 5.10 Å². The predicted molar refractivity (Wildman–Crippen MR) is 103 cm³/mol. The topological polar surface area (TPSA) is 85.2 Å². The van der Waals surface area contributed by atoms with Crippen LogP contribution in [-0.2, 0) is 9.53 Å². The number of halogens is 1. The molecule has 3 rings (SSSR count). The first-order chi connectivity index (χ1) is 13.2. The van der Waals surface area contributed by atoms with Crippen molar-refractivity contribution in [3.63, 3.8) is 0 Å². The molecule has 2 N–H and O–H groups in total. The van der Waals surface area contributed by atoms with Gasteiger partial charge in [-0.05, 0) is 59.2 Å². The van der Waals surface area contributed by atoms with Gasteiger partial charge >= 0.3 is 5.97 Å². The highest BCUT2D eigenvalue weighted by molar-refractivity contribution is 5.94. The Balaban J connectivity index is 1.79. The normalized spacial score (nSPS) is 16.8. The smallest absolute Gasteiger partial charge is 0.339 e. The summed E-state index contributed by atoms with van der Waals surface area (Å²) in [5.41, 5.74) is -0.126. The number of hydrogen-bond acceptors (Lipinski definition) is 5. The number of nitrogens with one attached hydrogen (secondary N) is 2. The number of amides is 1. The lowest BCUT2D eigenvalue weighted by atomic mass is 10.1. The van der Waals surface area contributed by atoms with Crippen LogP contribution in [0.4, 0.5) is 10.2 Å². The average molecular weight is 388 g/mol. The monoisotopic (exact) mass is 388 g/mol. The van der Waals surface area contributed by atoms with Crippen molar-refractivity contribution in [2.45, 2.75) is 52.2 Å². The first-order valence-electron chi connectivity index (χ1n) is 9.28. The third kappa shape index (κ3) is 4.39. The highest BCUT2D eigenvalue weighted by Crippen LogP contribution is 2.23. The van der Waals surface area contributed by atoms with Crippen molar-refractivity contribution in [2.24, 2.45) is 0 Å². The summed E-state index contributed by atoms with van der Waals surface area (Å²) < 4.78 is 21.5. The molecular formula is C20H25FN4O3. The number of aromatic nitrogens is 2. The highest BCUT2D eigenvalue weighted by Gasteiger charge is 2.24. The minimum Gasteiger partial charge on any atom is -0.456 e. The standard InChI is InChI=1S/C20H25FN4O3/c1-12-13(19(27)28-20(2,3)4)7-8-15(17(12)21)25-11-9-16(24-25)23-18(26)14-6-5-10-22-14/h7-9,11,14,22H,5-6,10H2,1-4H3,(H,23,24,26)/t14-/m1/s1. The molecule has 7 nitrogen and oxygen atoms in total. The van der Waals surface area contributed by atoms with Crippen molar-refractivity contribution >= 4 is 17.7 Å². The van der Waals surface area contributed by atoms with Gasteiger partial charge in [0.2, 0.25) is 5.91 Å². The third-order valence-corrected chi connectivity index (χ3v) is 4.45. The van der Waals surface area contributed by atoms with Gasteiger partial charge in [-0.1, -0.05) is 0 Å². The predicted octanol–water partition coefficient (Wildman–Crippen LogP) is 2.97. The van der Waals surface area contributed by atoms with Gasteiger partial charge in [0.25, 0.3) is 0 Å². The lowest BCUT2D eigenvalue weighted by molar-refractivity contribution is -0.117. The van der Waals surface area contributed by atoms with Crippen LogP contribution in [0, 0.1) is 12.7 Å². The lowest BCUT2D eigenvalue weighted by Crippen LogP contribution is -2.35. The van der Waals surface area contributed by atoms with E-state index in [4.69, 9.17) is 4.74 Å². The van der Waals surface area contributed by atoms with Crippen molar-refractivity contribution in [3.8, 4) is 5.69 Å². The van der Waals surface area contributed by atoms with Gasteiger partial charge in [-0.2, -0.15) is 0 Å². The Hall–Kier alpha value is -2.74. The molecule has 1 fully saturated rings. The molecule has 1 saturated heterocycles. The van der Waals surface area contributed by atoms with Gasteiger partial charge in [0.1, 0.15) is 11.3 Å². The maximum absolute atomic E-state index is 14.9. The fourth-order valence-corrected chi connectivity index (χ4v) is 3.05. The summed E-state index contributed by atoms with van der Waals surface area (Å²) in [5, 5.41) is 10.1. The molecule has 0 spiro atoms. The summed E-state index contributed by atoms with van der Waals surface area (Å²) in [7, 11) is 0. The molecule has 0 bridgehead atoms. The summed E-state index contributed by atoms with van der Waals surface area (Å²) in [6, 6.07) is 4.36. The molecule has 150 valence electrons. The molecular weight excluding hydrogens is 363 g/mol. The lowest BCUT2D eigenvalue weighted by Gasteiger charge is -2.20. The first-order valence-corrected chi connectivity index (χ1v) is 9.28. The van der Waals surface area contributed by atoms with Crippen LogP contribution in [0.2, 0.25) is 0 Å². The molecule has 8 heteroatoms. The van der Waals surface area contributed by atoms with Crippen molar-refractivity contribution in [3.05, 3.63) is 41.3 Å². The molecule has 2 aromatic rings. The van der Waals surface area contributed by atoms with Crippen LogP contribution in [0.1, 0.15) is 49.5 Å². The van der Waals surface area contributed by atoms with Crippen LogP contribution in [0.15, 0.2) is 24.4 Å². The second kappa shape index (κ2) is 7.71. The van der Waals surface area contributed by atoms with Crippen molar-refractivity contribution < 1.29 is 18.7 Å². The number of rotatable bonds is 4. The maximum atomic E-state index is 14.9. The summed E-state index contributed by atoms with van der Waals surface area (Å²) >= 11 is 0. The van der Waals surface area contributed by atoms with E-state index >= 15 is 0 Å². The van der Waals surface area contributed by atoms with E-state index in [9.17, 15) is 14.0 Å². The minimum absolute atomic E-state index is 0.153. The molecule has 1 aromatic carbocycles. The quantitative estimate of drug-likeness (QED) is 0.787. The average Bonchev–Trinajstić information content (AvgIpc) is 3.27. The van der Waals surface area contributed by atoms with Crippen LogP contribution < -0.4 is 10.6 Å². The number of carbonyl (C=O) groups is 2. The number of carbonyl (C=O) groups excluding carboxylic acids is 2. The Kier molecular flexibility index (Phi) is 5.51. The number of nitrogens with zero attached hydrogens (tertiary/aromatic N) is 2. The summed E-state index contributed by atoms with van der Waals surface area (Å²) in [6.45, 7) is 7.61. The zero-order valence-corrected chi connectivity index (χ0v) is 16.5. The van der Waals surface area contributed by atoms with E-state index in [2.05, 4.69) is 15.7 Å². The zero-order valence-electron chi connectivity index (χ0n) is 16.5. The van der Waals surface area contributed by atoms with E-state index in [0.717, 1.165) is 19.4 Å². The molecule has 1 aliphatic heterocycles. The number of esters is 1. The van der Waals surface area contributed by atoms with E-state index < -0.39 is 17.4 Å². The van der Waals surface area contributed by atoms with E-state index in [0.29, 0.717) is 5.82 Å². The van der Waals surface area contributed by atoms with E-state index in [1.165, 1.54) is 23.7 Å². The second-order valence-corrected chi connectivity index (χ2v) is 7.86. The number of benzene rings is 1. The van der Waals surface area contributed by atoms with Crippen molar-refractivity contribution in [1.29, 1.82) is 0 Å². The Morgan fingerprint density at radius 3 is 2.71 bits per heavy atom. The number of hydrogen-bond donors (Lipinski definition) is 2. The van der Waals surface area contributed by atoms with Gasteiger partial charge in [-0.25, -0.2) is 13.9 Å². The fourth-order valence-electron chi connectivity index (χ4n) is 3.05. The van der Waals surface area contributed by atoms with Crippen LogP contribution >= 0.6 is 0 Å². The molecule has 0 saturated carbocycles. The number of ether oxygens (including phenoxy) is 1. The fraction of sp³-hybridized carbons (Fsp3) is 0.450. The van der Waals surface area contributed by atoms with Crippen LogP contribution in [0.3, 0.4) is 0 Å². The van der Waals surface area contributed by atoms with E-state index in [1.807, 2.05) is 0 Å². The molecule has 28 heavy (non-hydrogen) atoms. The van der Waals surface area contributed by atoms with Gasteiger partial charge in [0.05, 0.1) is 11.6 Å². The molecule has 1 atom stereocenters. The van der Waals surface area contributed by atoms with Crippen LogP contribution in [-0.4, -0.2) is 39.8 Å². The van der Waals surface area contributed by atoms with Crippen LogP contribution in [0.5, 0.6) is 0 Å². The molecule has 0 radical (unpaired) electrons. The SMILES string of the molecule is Cc1c(C(=O)OC(C)(C)C)ccc(-n2ccc(NC(=O)[C@H]3CCCN3)n2)c1F. The van der Waals surface area contributed by atoms with E-state index in [-0.39, 0.29) is 28.8 Å².